The van der Waals surface area contributed by atoms with Crippen LogP contribution in [0.2, 0.25) is 0 Å². The van der Waals surface area contributed by atoms with Crippen molar-refractivity contribution in [1.82, 2.24) is 0 Å². The van der Waals surface area contributed by atoms with Crippen LogP contribution in [0.1, 0.15) is 58.2 Å². The zero-order chi connectivity index (χ0) is 13.4. The zero-order valence-electron chi connectivity index (χ0n) is 12.6. The van der Waals surface area contributed by atoms with E-state index in [1.54, 1.807) is 7.11 Å². The second-order valence-corrected chi connectivity index (χ2v) is 6.89. The Balaban J connectivity index is 0.00000289. The van der Waals surface area contributed by atoms with E-state index in [4.69, 9.17) is 4.74 Å². The molecule has 0 spiro atoms. The summed E-state index contributed by atoms with van der Waals surface area (Å²) in [6.07, 6.45) is 0. The van der Waals surface area contributed by atoms with E-state index in [0.717, 1.165) is 5.75 Å². The molecule has 1 aromatic carbocycles. The Morgan fingerprint density at radius 3 is 1.39 bits per heavy atom. The zero-order valence-corrected chi connectivity index (χ0v) is 12.6. The molecule has 102 valence electrons. The number of rotatable bonds is 1. The van der Waals surface area contributed by atoms with Crippen molar-refractivity contribution in [1.29, 1.82) is 0 Å². The summed E-state index contributed by atoms with van der Waals surface area (Å²) in [4.78, 5) is 0. The van der Waals surface area contributed by atoms with Crippen LogP contribution in [0.25, 0.3) is 0 Å². The van der Waals surface area contributed by atoms with E-state index in [1.807, 2.05) is 0 Å². The highest BCUT2D eigenvalue weighted by Crippen LogP contribution is 2.40. The van der Waals surface area contributed by atoms with Gasteiger partial charge < -0.3 is 4.74 Å². The van der Waals surface area contributed by atoms with Gasteiger partial charge in [-0.1, -0.05) is 59.2 Å². The third-order valence-corrected chi connectivity index (χ3v) is 3.05. The van der Waals surface area contributed by atoms with Crippen LogP contribution in [-0.4, -0.2) is 24.5 Å². The molecular weight excluding hydrogens is 235 g/mol. The van der Waals surface area contributed by atoms with Gasteiger partial charge in [0.05, 0.1) is 7.11 Å². The summed E-state index contributed by atoms with van der Waals surface area (Å²) in [5, 5.41) is 0. The van der Waals surface area contributed by atoms with Crippen LogP contribution < -0.4 is 4.74 Å². The maximum Gasteiger partial charge on any atom is 0.187 e. The van der Waals surface area contributed by atoms with Gasteiger partial charge in [0.15, 0.2) is 17.4 Å². The van der Waals surface area contributed by atoms with E-state index >= 15 is 0 Å². The molecule has 1 aromatic rings. The molecule has 0 aromatic heterocycles. The predicted molar refractivity (Wildman–Crippen MR) is 85.1 cm³/mol. The van der Waals surface area contributed by atoms with Gasteiger partial charge in [-0.3, -0.25) is 0 Å². The SMILES string of the molecule is COc1c(C(C)(C)C)cc(C)cc1C(C)(C)C.[AlH3]. The molecule has 0 fully saturated rings. The fraction of sp³-hybridized carbons (Fsp3) is 0.625. The Morgan fingerprint density at radius 2 is 1.17 bits per heavy atom. The van der Waals surface area contributed by atoms with E-state index in [1.165, 1.54) is 16.7 Å². The highest BCUT2D eigenvalue weighted by atomic mass is 27.0. The second-order valence-electron chi connectivity index (χ2n) is 6.89. The molecule has 1 rings (SSSR count). The Bertz CT molecular complexity index is 373. The highest BCUT2D eigenvalue weighted by Gasteiger charge is 2.26. The average molecular weight is 264 g/mol. The molecule has 0 aliphatic carbocycles. The van der Waals surface area contributed by atoms with Crippen molar-refractivity contribution in [2.24, 2.45) is 0 Å². The van der Waals surface area contributed by atoms with Gasteiger partial charge in [-0.2, -0.15) is 0 Å². The lowest BCUT2D eigenvalue weighted by Gasteiger charge is -2.29. The summed E-state index contributed by atoms with van der Waals surface area (Å²) in [5.41, 5.74) is 4.12. The normalized spacial score (nSPS) is 12.0. The van der Waals surface area contributed by atoms with E-state index in [-0.39, 0.29) is 28.2 Å². The summed E-state index contributed by atoms with van der Waals surface area (Å²) in [6.45, 7) is 15.6. The molecule has 1 nitrogen and oxygen atoms in total. The quantitative estimate of drug-likeness (QED) is 0.706. The van der Waals surface area contributed by atoms with Gasteiger partial charge >= 0.3 is 0 Å². The first-order chi connectivity index (χ1) is 7.57. The van der Waals surface area contributed by atoms with Crippen molar-refractivity contribution < 1.29 is 4.74 Å². The van der Waals surface area contributed by atoms with E-state index < -0.39 is 0 Å². The third-order valence-electron chi connectivity index (χ3n) is 3.05. The number of hydrogen-bond donors (Lipinski definition) is 0. The minimum Gasteiger partial charge on any atom is -0.496 e. The molecule has 0 heterocycles. The molecule has 0 saturated carbocycles. The molecule has 0 atom stereocenters. The van der Waals surface area contributed by atoms with E-state index in [0.29, 0.717) is 0 Å². The summed E-state index contributed by atoms with van der Waals surface area (Å²) in [5.74, 6) is 1.05. The van der Waals surface area contributed by atoms with Crippen molar-refractivity contribution in [3.05, 3.63) is 28.8 Å². The first-order valence-electron chi connectivity index (χ1n) is 6.27. The lowest BCUT2D eigenvalue weighted by molar-refractivity contribution is 0.381. The average Bonchev–Trinajstić information content (AvgIpc) is 2.13. The van der Waals surface area contributed by atoms with Gasteiger partial charge in [0.25, 0.3) is 0 Å². The highest BCUT2D eigenvalue weighted by molar-refractivity contribution is 5.75. The maximum atomic E-state index is 5.68. The van der Waals surface area contributed by atoms with Crippen LogP contribution in [-0.2, 0) is 10.8 Å². The van der Waals surface area contributed by atoms with Gasteiger partial charge in [0.1, 0.15) is 5.75 Å². The molecule has 0 bridgehead atoms. The smallest absolute Gasteiger partial charge is 0.187 e. The molecule has 0 unspecified atom stereocenters. The third kappa shape index (κ3) is 3.77. The Kier molecular flexibility index (Phi) is 5.54. The standard InChI is InChI=1S/C16H26O.Al.3H/c1-11-9-12(15(2,3)4)14(17-8)13(10-11)16(5,6)7;;;;/h9-10H,1-8H3;;;;. The van der Waals surface area contributed by atoms with Gasteiger partial charge in [-0.15, -0.1) is 0 Å². The number of benzene rings is 1. The van der Waals surface area contributed by atoms with Crippen molar-refractivity contribution in [2.75, 3.05) is 7.11 Å². The van der Waals surface area contributed by atoms with Crippen molar-refractivity contribution in [3.8, 4) is 5.75 Å². The summed E-state index contributed by atoms with van der Waals surface area (Å²) in [7, 11) is 1.77. The molecule has 0 aliphatic heterocycles. The monoisotopic (exact) mass is 264 g/mol. The van der Waals surface area contributed by atoms with Crippen molar-refractivity contribution in [2.45, 2.75) is 59.3 Å². The van der Waals surface area contributed by atoms with Crippen molar-refractivity contribution in [3.63, 3.8) is 0 Å². The number of hydrogen-bond acceptors (Lipinski definition) is 1. The fourth-order valence-electron chi connectivity index (χ4n) is 2.11. The molecule has 0 saturated heterocycles. The van der Waals surface area contributed by atoms with Crippen LogP contribution >= 0.6 is 0 Å². The minimum absolute atomic E-state index is 0. The maximum absolute atomic E-state index is 5.68. The van der Waals surface area contributed by atoms with Crippen molar-refractivity contribution >= 4 is 17.4 Å². The van der Waals surface area contributed by atoms with Gasteiger partial charge in [0, 0.05) is 11.1 Å². The van der Waals surface area contributed by atoms with E-state index in [9.17, 15) is 0 Å². The number of methoxy groups -OCH3 is 1. The predicted octanol–water partition coefficient (Wildman–Crippen LogP) is 3.41. The first-order valence-corrected chi connectivity index (χ1v) is 6.27. The summed E-state index contributed by atoms with van der Waals surface area (Å²) in [6, 6.07) is 4.49. The van der Waals surface area contributed by atoms with Gasteiger partial charge in [-0.25, -0.2) is 0 Å². The summed E-state index contributed by atoms with van der Waals surface area (Å²) >= 11 is 0. The molecule has 0 radical (unpaired) electrons. The van der Waals surface area contributed by atoms with Crippen LogP contribution in [0, 0.1) is 6.92 Å². The Labute approximate surface area is 123 Å². The van der Waals surface area contributed by atoms with E-state index in [2.05, 4.69) is 60.6 Å². The molecule has 0 N–H and O–H groups in total. The topological polar surface area (TPSA) is 9.23 Å². The molecule has 0 aliphatic rings. The number of ether oxygens (including phenoxy) is 1. The lowest BCUT2D eigenvalue weighted by Crippen LogP contribution is -2.19. The van der Waals surface area contributed by atoms with Gasteiger partial charge in [-0.05, 0) is 17.8 Å². The molecule has 18 heavy (non-hydrogen) atoms. The largest absolute Gasteiger partial charge is 0.496 e. The molecule has 2 heteroatoms. The van der Waals surface area contributed by atoms with Crippen LogP contribution in [0.15, 0.2) is 12.1 Å². The Hall–Kier alpha value is -0.448. The molecular formula is C16H29AlO. The Morgan fingerprint density at radius 1 is 0.833 bits per heavy atom. The van der Waals surface area contributed by atoms with Crippen LogP contribution in [0.4, 0.5) is 0 Å². The number of aryl methyl sites for hydroxylation is 1. The summed E-state index contributed by atoms with van der Waals surface area (Å²) < 4.78 is 5.68. The van der Waals surface area contributed by atoms with Gasteiger partial charge in [0.2, 0.25) is 0 Å². The fourth-order valence-corrected chi connectivity index (χ4v) is 2.11. The lowest BCUT2D eigenvalue weighted by atomic mass is 9.78. The van der Waals surface area contributed by atoms with Crippen LogP contribution in [0.5, 0.6) is 5.75 Å². The second kappa shape index (κ2) is 5.68. The van der Waals surface area contributed by atoms with Crippen LogP contribution in [0.3, 0.4) is 0 Å². The molecule has 0 amide bonds. The first kappa shape index (κ1) is 17.6. The minimum atomic E-state index is 0.